The second-order valence-corrected chi connectivity index (χ2v) is 9.18. The zero-order valence-corrected chi connectivity index (χ0v) is 18.3. The predicted octanol–water partition coefficient (Wildman–Crippen LogP) is 4.43. The van der Waals surface area contributed by atoms with E-state index in [1.54, 1.807) is 18.3 Å². The van der Waals surface area contributed by atoms with Crippen LogP contribution in [0.4, 0.5) is 5.95 Å². The fourth-order valence-electron chi connectivity index (χ4n) is 3.75. The minimum Gasteiger partial charge on any atom is -0.341 e. The Morgan fingerprint density at radius 3 is 2.77 bits per heavy atom. The number of aromatic nitrogens is 5. The smallest absolute Gasteiger partial charge is 0.273 e. The fourth-order valence-corrected chi connectivity index (χ4v) is 4.99. The number of hydrogen-bond acceptors (Lipinski definition) is 6. The average molecular weight is 441 g/mol. The summed E-state index contributed by atoms with van der Waals surface area (Å²) in [4.78, 5) is 28.7. The molecular weight excluding hydrogens is 420 g/mol. The zero-order chi connectivity index (χ0) is 20.8. The number of thiazole rings is 1. The van der Waals surface area contributed by atoms with E-state index in [1.807, 2.05) is 19.1 Å². The molecule has 0 saturated carbocycles. The maximum atomic E-state index is 12.6. The molecule has 0 radical (unpaired) electrons. The van der Waals surface area contributed by atoms with Crippen molar-refractivity contribution in [3.8, 4) is 16.4 Å². The Labute approximate surface area is 182 Å². The lowest BCUT2D eigenvalue weighted by Gasteiger charge is -2.30. The Bertz CT molecular complexity index is 1280. The fraction of sp³-hybridized carbons (Fsp3) is 0.333. The summed E-state index contributed by atoms with van der Waals surface area (Å²) in [5, 5.41) is 4.27. The number of nitrogens with zero attached hydrogens (tertiary/aromatic N) is 5. The van der Waals surface area contributed by atoms with Crippen molar-refractivity contribution in [1.29, 1.82) is 0 Å². The van der Waals surface area contributed by atoms with E-state index in [9.17, 15) is 4.79 Å². The van der Waals surface area contributed by atoms with Gasteiger partial charge in [0.15, 0.2) is 0 Å². The van der Waals surface area contributed by atoms with Crippen LogP contribution in [0.5, 0.6) is 0 Å². The highest BCUT2D eigenvalue weighted by atomic mass is 35.5. The molecule has 7 nitrogen and oxygen atoms in total. The van der Waals surface area contributed by atoms with E-state index in [1.165, 1.54) is 16.0 Å². The number of aryl methyl sites for hydroxylation is 1. The molecule has 1 aliphatic heterocycles. The third kappa shape index (κ3) is 3.40. The van der Waals surface area contributed by atoms with Crippen LogP contribution < -0.4 is 10.5 Å². The molecule has 1 saturated heterocycles. The molecule has 5 rings (SSSR count). The largest absolute Gasteiger partial charge is 0.341 e. The van der Waals surface area contributed by atoms with E-state index in [4.69, 9.17) is 16.6 Å². The van der Waals surface area contributed by atoms with E-state index >= 15 is 0 Å². The molecule has 1 fully saturated rings. The van der Waals surface area contributed by atoms with Crippen molar-refractivity contribution in [3.63, 3.8) is 0 Å². The molecule has 3 aromatic heterocycles. The minimum atomic E-state index is -0.186. The van der Waals surface area contributed by atoms with Crippen LogP contribution in [0.2, 0.25) is 5.02 Å². The molecule has 4 aromatic rings. The van der Waals surface area contributed by atoms with Gasteiger partial charge in [-0.25, -0.2) is 15.0 Å². The van der Waals surface area contributed by atoms with Gasteiger partial charge >= 0.3 is 0 Å². The first-order valence-corrected chi connectivity index (χ1v) is 11.2. The van der Waals surface area contributed by atoms with Gasteiger partial charge < -0.3 is 4.90 Å². The third-order valence-corrected chi connectivity index (χ3v) is 6.90. The van der Waals surface area contributed by atoms with Gasteiger partial charge in [0.1, 0.15) is 5.52 Å². The number of benzene rings is 1. The topological polar surface area (TPSA) is 79.7 Å². The summed E-state index contributed by atoms with van der Waals surface area (Å²) in [7, 11) is 0. The van der Waals surface area contributed by atoms with Gasteiger partial charge in [-0.15, -0.1) is 0 Å². The standard InChI is InChI=1S/C21H21ClN6OS/c1-12-6-8-27(9-7-12)20-23-11-14(13(2)24-20)16-10-18(29)28(26-16)21-25-19-15(22)4-3-5-17(19)30-21/h3-5,10-12,26H,6-9H2,1-2H3. The number of H-pyrrole nitrogens is 1. The summed E-state index contributed by atoms with van der Waals surface area (Å²) < 4.78 is 2.37. The maximum absolute atomic E-state index is 12.6. The average Bonchev–Trinajstić information content (AvgIpc) is 3.33. The van der Waals surface area contributed by atoms with E-state index in [-0.39, 0.29) is 5.56 Å². The van der Waals surface area contributed by atoms with Crippen LogP contribution in [0.15, 0.2) is 35.3 Å². The monoisotopic (exact) mass is 440 g/mol. The Balaban J connectivity index is 1.48. The van der Waals surface area contributed by atoms with E-state index in [0.29, 0.717) is 21.4 Å². The minimum absolute atomic E-state index is 0.186. The number of rotatable bonds is 3. The molecule has 1 aromatic carbocycles. The summed E-state index contributed by atoms with van der Waals surface area (Å²) >= 11 is 7.64. The molecule has 0 atom stereocenters. The van der Waals surface area contributed by atoms with Crippen molar-refractivity contribution in [2.75, 3.05) is 18.0 Å². The predicted molar refractivity (Wildman–Crippen MR) is 121 cm³/mol. The van der Waals surface area contributed by atoms with Gasteiger partial charge in [0, 0.05) is 30.9 Å². The number of piperidine rings is 1. The first kappa shape index (κ1) is 19.3. The number of anilines is 1. The van der Waals surface area contributed by atoms with Crippen LogP contribution in [-0.2, 0) is 0 Å². The van der Waals surface area contributed by atoms with Gasteiger partial charge in [0.2, 0.25) is 11.1 Å². The van der Waals surface area contributed by atoms with Crippen molar-refractivity contribution < 1.29 is 0 Å². The van der Waals surface area contributed by atoms with Crippen LogP contribution >= 0.6 is 22.9 Å². The summed E-state index contributed by atoms with van der Waals surface area (Å²) in [6.45, 7) is 6.19. The van der Waals surface area contributed by atoms with Gasteiger partial charge in [-0.05, 0) is 37.8 Å². The zero-order valence-electron chi connectivity index (χ0n) is 16.7. The highest BCUT2D eigenvalue weighted by Gasteiger charge is 2.20. The molecule has 0 spiro atoms. The SMILES string of the molecule is Cc1nc(N2CCC(C)CC2)ncc1-c1cc(=O)n(-c2nc3c(Cl)cccc3s2)[nH]1. The van der Waals surface area contributed by atoms with Gasteiger partial charge in [-0.1, -0.05) is 35.9 Å². The lowest BCUT2D eigenvalue weighted by molar-refractivity contribution is 0.434. The summed E-state index contributed by atoms with van der Waals surface area (Å²) in [5.74, 6) is 1.51. The Hall–Kier alpha value is -2.71. The van der Waals surface area contributed by atoms with Gasteiger partial charge in [0.25, 0.3) is 5.56 Å². The maximum Gasteiger partial charge on any atom is 0.273 e. The van der Waals surface area contributed by atoms with Gasteiger partial charge in [-0.2, -0.15) is 4.68 Å². The van der Waals surface area contributed by atoms with E-state index in [2.05, 4.69) is 26.9 Å². The quantitative estimate of drug-likeness (QED) is 0.509. The van der Waals surface area contributed by atoms with Crippen LogP contribution in [0.25, 0.3) is 26.6 Å². The van der Waals surface area contributed by atoms with Crippen molar-refractivity contribution in [3.05, 3.63) is 51.5 Å². The first-order valence-electron chi connectivity index (χ1n) is 9.96. The molecule has 0 bridgehead atoms. The van der Waals surface area contributed by atoms with Crippen LogP contribution in [-0.4, -0.2) is 37.8 Å². The van der Waals surface area contributed by atoms with Crippen LogP contribution in [0, 0.1) is 12.8 Å². The van der Waals surface area contributed by atoms with E-state index in [0.717, 1.165) is 53.8 Å². The number of halogens is 1. The second kappa shape index (κ2) is 7.52. The van der Waals surface area contributed by atoms with Gasteiger partial charge in [-0.3, -0.25) is 9.89 Å². The lowest BCUT2D eigenvalue weighted by atomic mass is 10.00. The van der Waals surface area contributed by atoms with Crippen LogP contribution in [0.3, 0.4) is 0 Å². The number of fused-ring (bicyclic) bond motifs is 1. The van der Waals surface area contributed by atoms with Crippen LogP contribution in [0.1, 0.15) is 25.5 Å². The normalized spacial score (nSPS) is 15.2. The summed E-state index contributed by atoms with van der Waals surface area (Å²) in [6.07, 6.45) is 4.11. The van der Waals surface area contributed by atoms with E-state index < -0.39 is 0 Å². The second-order valence-electron chi connectivity index (χ2n) is 7.77. The molecule has 0 aliphatic carbocycles. The summed E-state index contributed by atoms with van der Waals surface area (Å²) in [5.41, 5.74) is 2.82. The molecule has 1 aliphatic rings. The summed E-state index contributed by atoms with van der Waals surface area (Å²) in [6, 6.07) is 7.17. The van der Waals surface area contributed by atoms with Crippen molar-refractivity contribution >= 4 is 39.1 Å². The Morgan fingerprint density at radius 1 is 1.23 bits per heavy atom. The third-order valence-electron chi connectivity index (χ3n) is 5.59. The van der Waals surface area contributed by atoms with Crippen molar-refractivity contribution in [1.82, 2.24) is 24.7 Å². The molecule has 9 heteroatoms. The van der Waals surface area contributed by atoms with Gasteiger partial charge in [0.05, 0.1) is 21.1 Å². The number of hydrogen-bond donors (Lipinski definition) is 1. The molecule has 4 heterocycles. The number of para-hydroxylation sites is 1. The molecule has 154 valence electrons. The molecule has 0 amide bonds. The Kier molecular flexibility index (Phi) is 4.83. The van der Waals surface area contributed by atoms with Crippen molar-refractivity contribution in [2.24, 2.45) is 5.92 Å². The lowest BCUT2D eigenvalue weighted by Crippen LogP contribution is -2.34. The highest BCUT2D eigenvalue weighted by Crippen LogP contribution is 2.30. The molecule has 1 N–H and O–H groups in total. The molecule has 0 unspecified atom stereocenters. The number of aromatic amines is 1. The molecular formula is C21H21ClN6OS. The highest BCUT2D eigenvalue weighted by molar-refractivity contribution is 7.20. The molecule has 30 heavy (non-hydrogen) atoms. The number of nitrogens with one attached hydrogen (secondary N) is 1. The Morgan fingerprint density at radius 2 is 2.03 bits per heavy atom. The van der Waals surface area contributed by atoms with Crippen molar-refractivity contribution in [2.45, 2.75) is 26.7 Å². The first-order chi connectivity index (χ1) is 14.5.